The van der Waals surface area contributed by atoms with Crippen LogP contribution in [0, 0.1) is 12.8 Å². The average Bonchev–Trinajstić information content (AvgIpc) is 3.01. The number of rotatable bonds is 5. The molecule has 0 radical (unpaired) electrons. The van der Waals surface area contributed by atoms with Crippen molar-refractivity contribution in [3.8, 4) is 0 Å². The second-order valence-electron chi connectivity index (χ2n) is 7.26. The summed E-state index contributed by atoms with van der Waals surface area (Å²) in [5.74, 6) is 3.72. The number of aryl methyl sites for hydroxylation is 2. The van der Waals surface area contributed by atoms with Crippen LogP contribution in [0.4, 0.5) is 0 Å². The molecule has 3 atom stereocenters. The molecule has 2 aliphatic rings. The van der Waals surface area contributed by atoms with Gasteiger partial charge in [-0.3, -0.25) is 4.99 Å². The molecule has 25 heavy (non-hydrogen) atoms. The maximum Gasteiger partial charge on any atom is 0.191 e. The lowest BCUT2D eigenvalue weighted by Crippen LogP contribution is -2.46. The van der Waals surface area contributed by atoms with Gasteiger partial charge in [-0.1, -0.05) is 6.42 Å². The zero-order valence-corrected chi connectivity index (χ0v) is 16.6. The average molecular weight is 365 g/mol. The number of nitrogens with zero attached hydrogens (tertiary/aromatic N) is 4. The number of thioether (sulfide) groups is 1. The highest BCUT2D eigenvalue weighted by Gasteiger charge is 2.23. The van der Waals surface area contributed by atoms with Gasteiger partial charge in [-0.15, -0.1) is 10.2 Å². The van der Waals surface area contributed by atoms with Crippen LogP contribution in [0.3, 0.4) is 0 Å². The zero-order valence-electron chi connectivity index (χ0n) is 15.8. The SMILES string of the molecule is CCNC(=NCC1CCc2nnc(C)n2C1)NC1CCCC(SC)C1. The minimum Gasteiger partial charge on any atom is -0.357 e. The van der Waals surface area contributed by atoms with Crippen LogP contribution < -0.4 is 10.6 Å². The van der Waals surface area contributed by atoms with E-state index in [2.05, 4.69) is 38.6 Å². The van der Waals surface area contributed by atoms with Crippen LogP contribution in [-0.2, 0) is 13.0 Å². The van der Waals surface area contributed by atoms with E-state index in [-0.39, 0.29) is 0 Å². The molecule has 1 aliphatic carbocycles. The molecule has 0 bridgehead atoms. The molecule has 2 N–H and O–H groups in total. The lowest BCUT2D eigenvalue weighted by molar-refractivity contribution is 0.368. The minimum absolute atomic E-state index is 0.557. The standard InChI is InChI=1S/C18H32N6S/c1-4-19-18(21-15-6-5-7-16(10-15)25-3)20-11-14-8-9-17-23-22-13(2)24(17)12-14/h14-16H,4-12H2,1-3H3,(H2,19,20,21). The molecule has 1 saturated carbocycles. The monoisotopic (exact) mass is 364 g/mol. The highest BCUT2D eigenvalue weighted by Crippen LogP contribution is 2.27. The predicted molar refractivity (Wildman–Crippen MR) is 105 cm³/mol. The van der Waals surface area contributed by atoms with Gasteiger partial charge >= 0.3 is 0 Å². The van der Waals surface area contributed by atoms with Gasteiger partial charge in [0, 0.05) is 37.3 Å². The van der Waals surface area contributed by atoms with E-state index >= 15 is 0 Å². The Kier molecular flexibility index (Phi) is 6.62. The van der Waals surface area contributed by atoms with Crippen molar-refractivity contribution in [2.24, 2.45) is 10.9 Å². The number of hydrogen-bond donors (Lipinski definition) is 2. The summed E-state index contributed by atoms with van der Waals surface area (Å²) in [5.41, 5.74) is 0. The lowest BCUT2D eigenvalue weighted by atomic mass is 9.95. The van der Waals surface area contributed by atoms with Crippen LogP contribution in [0.1, 0.15) is 50.7 Å². The molecule has 3 rings (SSSR count). The van der Waals surface area contributed by atoms with Crippen molar-refractivity contribution >= 4 is 17.7 Å². The maximum atomic E-state index is 4.90. The Labute approximate surface area is 155 Å². The largest absolute Gasteiger partial charge is 0.357 e. The summed E-state index contributed by atoms with van der Waals surface area (Å²) in [6.07, 6.45) is 9.59. The summed E-state index contributed by atoms with van der Waals surface area (Å²) < 4.78 is 2.26. The molecule has 0 aromatic carbocycles. The van der Waals surface area contributed by atoms with Crippen molar-refractivity contribution in [1.82, 2.24) is 25.4 Å². The Morgan fingerprint density at radius 3 is 3.00 bits per heavy atom. The number of nitrogens with one attached hydrogen (secondary N) is 2. The Morgan fingerprint density at radius 1 is 1.32 bits per heavy atom. The van der Waals surface area contributed by atoms with Crippen molar-refractivity contribution in [2.45, 2.75) is 70.2 Å². The van der Waals surface area contributed by atoms with Crippen molar-refractivity contribution in [1.29, 1.82) is 0 Å². The molecule has 0 amide bonds. The van der Waals surface area contributed by atoms with E-state index in [4.69, 9.17) is 4.99 Å². The third-order valence-corrected chi connectivity index (χ3v) is 6.48. The van der Waals surface area contributed by atoms with Crippen LogP contribution >= 0.6 is 11.8 Å². The smallest absolute Gasteiger partial charge is 0.191 e. The molecule has 6 nitrogen and oxygen atoms in total. The van der Waals surface area contributed by atoms with Crippen LogP contribution in [0.2, 0.25) is 0 Å². The number of aromatic nitrogens is 3. The van der Waals surface area contributed by atoms with Crippen molar-refractivity contribution < 1.29 is 0 Å². The van der Waals surface area contributed by atoms with E-state index in [1.165, 1.54) is 25.7 Å². The molecular weight excluding hydrogens is 332 g/mol. The van der Waals surface area contributed by atoms with E-state index in [9.17, 15) is 0 Å². The molecular formula is C18H32N6S. The Balaban J connectivity index is 1.56. The van der Waals surface area contributed by atoms with Gasteiger partial charge in [-0.2, -0.15) is 11.8 Å². The summed E-state index contributed by atoms with van der Waals surface area (Å²) in [5, 5.41) is 16.4. The molecule has 1 aromatic heterocycles. The third kappa shape index (κ3) is 4.90. The fourth-order valence-electron chi connectivity index (χ4n) is 3.90. The Morgan fingerprint density at radius 2 is 2.20 bits per heavy atom. The number of aliphatic imine (C=N–C) groups is 1. The van der Waals surface area contributed by atoms with E-state index in [1.54, 1.807) is 0 Å². The van der Waals surface area contributed by atoms with Crippen LogP contribution in [-0.4, -0.2) is 51.4 Å². The molecule has 1 fully saturated rings. The first kappa shape index (κ1) is 18.5. The molecule has 1 aromatic rings. The molecule has 1 aliphatic heterocycles. The fraction of sp³-hybridized carbons (Fsp3) is 0.833. The van der Waals surface area contributed by atoms with Gasteiger partial charge in [0.1, 0.15) is 11.6 Å². The van der Waals surface area contributed by atoms with E-state index < -0.39 is 0 Å². The molecule has 7 heteroatoms. The molecule has 0 spiro atoms. The van der Waals surface area contributed by atoms with Gasteiger partial charge in [-0.05, 0) is 51.7 Å². The second-order valence-corrected chi connectivity index (χ2v) is 8.40. The first-order valence-electron chi connectivity index (χ1n) is 9.66. The Bertz CT molecular complexity index is 584. The first-order valence-corrected chi connectivity index (χ1v) is 10.9. The quantitative estimate of drug-likeness (QED) is 0.620. The first-order chi connectivity index (χ1) is 12.2. The highest BCUT2D eigenvalue weighted by atomic mass is 32.2. The van der Waals surface area contributed by atoms with Crippen LogP contribution in [0.25, 0.3) is 0 Å². The second kappa shape index (κ2) is 8.92. The number of guanidine groups is 1. The van der Waals surface area contributed by atoms with Gasteiger partial charge in [-0.25, -0.2) is 0 Å². The van der Waals surface area contributed by atoms with E-state index in [0.717, 1.165) is 55.3 Å². The van der Waals surface area contributed by atoms with Crippen molar-refractivity contribution in [3.05, 3.63) is 11.6 Å². The fourth-order valence-corrected chi connectivity index (χ4v) is 4.73. The van der Waals surface area contributed by atoms with E-state index in [1.807, 2.05) is 18.7 Å². The maximum absolute atomic E-state index is 4.90. The molecule has 140 valence electrons. The van der Waals surface area contributed by atoms with Gasteiger partial charge < -0.3 is 15.2 Å². The van der Waals surface area contributed by atoms with Crippen LogP contribution in [0.5, 0.6) is 0 Å². The van der Waals surface area contributed by atoms with Gasteiger partial charge in [0.25, 0.3) is 0 Å². The number of hydrogen-bond acceptors (Lipinski definition) is 4. The normalized spacial score (nSPS) is 27.0. The summed E-state index contributed by atoms with van der Waals surface area (Å²) in [7, 11) is 0. The molecule has 2 heterocycles. The van der Waals surface area contributed by atoms with Crippen molar-refractivity contribution in [2.75, 3.05) is 19.3 Å². The van der Waals surface area contributed by atoms with E-state index in [0.29, 0.717) is 12.0 Å². The molecule has 3 unspecified atom stereocenters. The van der Waals surface area contributed by atoms with Gasteiger partial charge in [0.05, 0.1) is 0 Å². The third-order valence-electron chi connectivity index (χ3n) is 5.38. The topological polar surface area (TPSA) is 67.1 Å². The number of fused-ring (bicyclic) bond motifs is 1. The summed E-state index contributed by atoms with van der Waals surface area (Å²) in [4.78, 5) is 4.90. The van der Waals surface area contributed by atoms with Gasteiger partial charge in [0.15, 0.2) is 5.96 Å². The summed E-state index contributed by atoms with van der Waals surface area (Å²) >= 11 is 2.01. The summed E-state index contributed by atoms with van der Waals surface area (Å²) in [6.45, 7) is 6.94. The van der Waals surface area contributed by atoms with Gasteiger partial charge in [0.2, 0.25) is 0 Å². The molecule has 0 saturated heterocycles. The predicted octanol–water partition coefficient (Wildman–Crippen LogP) is 2.38. The van der Waals surface area contributed by atoms with Crippen molar-refractivity contribution in [3.63, 3.8) is 0 Å². The van der Waals surface area contributed by atoms with Crippen LogP contribution in [0.15, 0.2) is 4.99 Å². The minimum atomic E-state index is 0.557. The summed E-state index contributed by atoms with van der Waals surface area (Å²) in [6, 6.07) is 0.557. The zero-order chi connectivity index (χ0) is 17.6. The lowest BCUT2D eigenvalue weighted by Gasteiger charge is -2.30. The highest BCUT2D eigenvalue weighted by molar-refractivity contribution is 7.99. The Hall–Kier alpha value is -1.24.